The van der Waals surface area contributed by atoms with Crippen LogP contribution in [0.2, 0.25) is 0 Å². The maximum absolute atomic E-state index is 8.67. The molecule has 0 heterocycles. The molecule has 0 aromatic heterocycles. The molecule has 0 spiro atoms. The highest BCUT2D eigenvalue weighted by Crippen LogP contribution is 2.13. The lowest BCUT2D eigenvalue weighted by Gasteiger charge is -2.23. The number of hydrogen-bond donors (Lipinski definition) is 2. The zero-order valence-electron chi connectivity index (χ0n) is 16.8. The van der Waals surface area contributed by atoms with Crippen LogP contribution in [-0.2, 0) is 11.4 Å². The summed E-state index contributed by atoms with van der Waals surface area (Å²) in [6.45, 7) is 3.63. The van der Waals surface area contributed by atoms with E-state index in [0.29, 0.717) is 0 Å². The first-order valence-corrected chi connectivity index (χ1v) is 11.0. The monoisotopic (exact) mass is 366 g/mol. The number of unbranched alkanes of at least 4 members (excludes halogenated alkanes) is 13. The Hall–Kier alpha value is 0.0300. The Labute approximate surface area is 154 Å². The van der Waals surface area contributed by atoms with Gasteiger partial charge in [-0.25, -0.2) is 0 Å². The highest BCUT2D eigenvalue weighted by atomic mass is 32.2. The van der Waals surface area contributed by atoms with Gasteiger partial charge in [-0.3, -0.25) is 9.11 Å². The molecule has 4 nitrogen and oxygen atoms in total. The SMILES string of the molecule is CCCCCCCCCCCCCCCC[N+](C)(C)C.O=S(O)O. The second kappa shape index (κ2) is 19.4. The Balaban J connectivity index is 0. The smallest absolute Gasteiger partial charge is 0.299 e. The normalized spacial score (nSPS) is 11.5. The van der Waals surface area contributed by atoms with E-state index in [1.165, 1.54) is 96.4 Å². The lowest BCUT2D eigenvalue weighted by atomic mass is 10.0. The van der Waals surface area contributed by atoms with Gasteiger partial charge >= 0.3 is 0 Å². The standard InChI is InChI=1S/C19H42N.H2O3S/c1-5-6-7-8-9-10-11-12-13-14-15-16-17-18-19-20(2,3)4;1-4(2)3/h5-19H2,1-4H3;(H2,1,2,3)/q+1;. The molecule has 0 aliphatic carbocycles. The van der Waals surface area contributed by atoms with Crippen molar-refractivity contribution >= 4 is 11.4 Å². The van der Waals surface area contributed by atoms with Gasteiger partial charge in [0.25, 0.3) is 11.4 Å². The predicted molar refractivity (Wildman–Crippen MR) is 107 cm³/mol. The number of rotatable bonds is 15. The van der Waals surface area contributed by atoms with E-state index in [1.807, 2.05) is 0 Å². The summed E-state index contributed by atoms with van der Waals surface area (Å²) in [5, 5.41) is 0. The number of quaternary nitrogens is 1. The third kappa shape index (κ3) is 33.6. The second-order valence-corrected chi connectivity index (χ2v) is 8.30. The van der Waals surface area contributed by atoms with Crippen molar-refractivity contribution in [2.45, 2.75) is 96.8 Å². The van der Waals surface area contributed by atoms with Crippen LogP contribution in [0, 0.1) is 0 Å². The molecule has 0 unspecified atom stereocenters. The molecule has 0 aliphatic rings. The Bertz CT molecular complexity index is 264. The van der Waals surface area contributed by atoms with Crippen molar-refractivity contribution in [3.8, 4) is 0 Å². The largest absolute Gasteiger partial charge is 0.331 e. The molecule has 0 fully saturated rings. The summed E-state index contributed by atoms with van der Waals surface area (Å²) in [7, 11) is 6.88. The molecule has 0 amide bonds. The van der Waals surface area contributed by atoms with Gasteiger partial charge in [0.1, 0.15) is 0 Å². The lowest BCUT2D eigenvalue weighted by Crippen LogP contribution is -2.35. The minimum atomic E-state index is -2.61. The van der Waals surface area contributed by atoms with Crippen LogP contribution < -0.4 is 0 Å². The maximum Gasteiger partial charge on any atom is 0.299 e. The molecule has 0 saturated heterocycles. The Morgan fingerprint density at radius 3 is 1.12 bits per heavy atom. The molecular formula is C19H44NO3S+. The van der Waals surface area contributed by atoms with E-state index in [-0.39, 0.29) is 0 Å². The summed E-state index contributed by atoms with van der Waals surface area (Å²) >= 11 is -2.61. The van der Waals surface area contributed by atoms with Crippen molar-refractivity contribution < 1.29 is 17.8 Å². The van der Waals surface area contributed by atoms with Crippen molar-refractivity contribution in [1.29, 1.82) is 0 Å². The Morgan fingerprint density at radius 2 is 0.875 bits per heavy atom. The van der Waals surface area contributed by atoms with Crippen LogP contribution in [0.25, 0.3) is 0 Å². The van der Waals surface area contributed by atoms with Crippen molar-refractivity contribution in [3.63, 3.8) is 0 Å². The summed E-state index contributed by atoms with van der Waals surface area (Å²) in [4.78, 5) is 0. The van der Waals surface area contributed by atoms with E-state index in [2.05, 4.69) is 28.1 Å². The molecule has 0 saturated carbocycles. The first-order chi connectivity index (χ1) is 11.3. The first kappa shape index (κ1) is 26.3. The van der Waals surface area contributed by atoms with Crippen molar-refractivity contribution in [1.82, 2.24) is 0 Å². The summed E-state index contributed by atoms with van der Waals surface area (Å²) < 4.78 is 24.0. The fraction of sp³-hybridized carbons (Fsp3) is 1.00. The van der Waals surface area contributed by atoms with Crippen LogP contribution in [0.1, 0.15) is 96.8 Å². The van der Waals surface area contributed by atoms with Crippen LogP contribution in [0.4, 0.5) is 0 Å². The van der Waals surface area contributed by atoms with E-state index >= 15 is 0 Å². The van der Waals surface area contributed by atoms with E-state index in [9.17, 15) is 0 Å². The first-order valence-electron chi connectivity index (χ1n) is 9.90. The van der Waals surface area contributed by atoms with Crippen molar-refractivity contribution in [2.75, 3.05) is 27.7 Å². The van der Waals surface area contributed by atoms with Crippen molar-refractivity contribution in [3.05, 3.63) is 0 Å². The summed E-state index contributed by atoms with van der Waals surface area (Å²) in [6.07, 6.45) is 20.4. The molecule has 0 radical (unpaired) electrons. The fourth-order valence-electron chi connectivity index (χ4n) is 2.78. The second-order valence-electron chi connectivity index (χ2n) is 7.84. The van der Waals surface area contributed by atoms with Gasteiger partial charge in [-0.1, -0.05) is 84.0 Å². The zero-order chi connectivity index (χ0) is 18.7. The van der Waals surface area contributed by atoms with E-state index in [4.69, 9.17) is 13.3 Å². The molecule has 0 aromatic carbocycles. The highest BCUT2D eigenvalue weighted by Gasteiger charge is 2.04. The third-order valence-electron chi connectivity index (χ3n) is 4.18. The van der Waals surface area contributed by atoms with Gasteiger partial charge < -0.3 is 4.48 Å². The zero-order valence-corrected chi connectivity index (χ0v) is 17.6. The molecule has 0 aromatic rings. The molecule has 5 heteroatoms. The van der Waals surface area contributed by atoms with Gasteiger partial charge in [0, 0.05) is 0 Å². The molecule has 0 aliphatic heterocycles. The van der Waals surface area contributed by atoms with Gasteiger partial charge in [-0.05, 0) is 12.8 Å². The van der Waals surface area contributed by atoms with Crippen LogP contribution >= 0.6 is 0 Å². The average molecular weight is 367 g/mol. The van der Waals surface area contributed by atoms with E-state index in [1.54, 1.807) is 0 Å². The molecule has 0 atom stereocenters. The topological polar surface area (TPSA) is 57.5 Å². The van der Waals surface area contributed by atoms with Crippen LogP contribution in [0.15, 0.2) is 0 Å². The van der Waals surface area contributed by atoms with Gasteiger partial charge in [0.2, 0.25) is 0 Å². The molecule has 148 valence electrons. The quantitative estimate of drug-likeness (QED) is 0.217. The molecule has 0 bridgehead atoms. The highest BCUT2D eigenvalue weighted by molar-refractivity contribution is 7.73. The van der Waals surface area contributed by atoms with Gasteiger partial charge in [0.05, 0.1) is 27.7 Å². The number of nitrogens with zero attached hydrogens (tertiary/aromatic N) is 1. The van der Waals surface area contributed by atoms with Crippen LogP contribution in [0.3, 0.4) is 0 Å². The molecule has 2 N–H and O–H groups in total. The Morgan fingerprint density at radius 1 is 0.625 bits per heavy atom. The van der Waals surface area contributed by atoms with Gasteiger partial charge in [-0.2, -0.15) is 4.21 Å². The average Bonchev–Trinajstić information content (AvgIpc) is 2.46. The van der Waals surface area contributed by atoms with Gasteiger partial charge in [-0.15, -0.1) is 0 Å². The molecule has 0 rings (SSSR count). The summed E-state index contributed by atoms with van der Waals surface area (Å²) in [5.41, 5.74) is 0. The van der Waals surface area contributed by atoms with Crippen LogP contribution in [0.5, 0.6) is 0 Å². The fourth-order valence-corrected chi connectivity index (χ4v) is 2.78. The van der Waals surface area contributed by atoms with E-state index < -0.39 is 11.4 Å². The summed E-state index contributed by atoms with van der Waals surface area (Å²) in [5.74, 6) is 0. The lowest BCUT2D eigenvalue weighted by molar-refractivity contribution is -0.870. The summed E-state index contributed by atoms with van der Waals surface area (Å²) in [6, 6.07) is 0. The Kier molecular flexibility index (Phi) is 21.2. The molecular weight excluding hydrogens is 322 g/mol. The minimum Gasteiger partial charge on any atom is -0.331 e. The maximum atomic E-state index is 8.67. The van der Waals surface area contributed by atoms with Crippen molar-refractivity contribution in [2.24, 2.45) is 0 Å². The van der Waals surface area contributed by atoms with Gasteiger partial charge in [0.15, 0.2) is 0 Å². The predicted octanol–water partition coefficient (Wildman–Crippen LogP) is 5.86. The third-order valence-corrected chi connectivity index (χ3v) is 4.18. The van der Waals surface area contributed by atoms with E-state index in [0.717, 1.165) is 4.48 Å². The number of hydrogen-bond acceptors (Lipinski definition) is 1. The van der Waals surface area contributed by atoms with Crippen LogP contribution in [-0.4, -0.2) is 45.5 Å². The molecule has 24 heavy (non-hydrogen) atoms. The minimum absolute atomic E-state index is 1.12.